The fourth-order valence-electron chi connectivity index (χ4n) is 4.37. The van der Waals surface area contributed by atoms with Crippen LogP contribution in [-0.4, -0.2) is 56.3 Å². The van der Waals surface area contributed by atoms with E-state index in [0.29, 0.717) is 19.3 Å². The minimum absolute atomic E-state index is 0.206. The van der Waals surface area contributed by atoms with Crippen molar-refractivity contribution < 1.29 is 13.5 Å². The first kappa shape index (κ1) is 25.1. The van der Waals surface area contributed by atoms with Gasteiger partial charge in [-0.25, -0.2) is 13.8 Å². The van der Waals surface area contributed by atoms with Crippen molar-refractivity contribution >= 4 is 22.2 Å². The van der Waals surface area contributed by atoms with Gasteiger partial charge in [0.05, 0.1) is 13.2 Å². The molecule has 33 heavy (non-hydrogen) atoms. The summed E-state index contributed by atoms with van der Waals surface area (Å²) in [4.78, 5) is 6.55. The van der Waals surface area contributed by atoms with E-state index in [1.165, 1.54) is 5.56 Å². The number of hydrogen-bond donors (Lipinski definition) is 2. The summed E-state index contributed by atoms with van der Waals surface area (Å²) in [5.74, 6) is 1.25. The highest BCUT2D eigenvalue weighted by Gasteiger charge is 2.21. The van der Waals surface area contributed by atoms with Gasteiger partial charge in [0.15, 0.2) is 0 Å². The third kappa shape index (κ3) is 7.51. The molecule has 1 aromatic carbocycles. The van der Waals surface area contributed by atoms with Gasteiger partial charge in [0.2, 0.25) is 0 Å². The fraction of sp³-hybridized carbons (Fsp3) is 0.500. The summed E-state index contributed by atoms with van der Waals surface area (Å²) in [5, 5.41) is 8.45. The second-order valence-electron chi connectivity index (χ2n) is 9.04. The van der Waals surface area contributed by atoms with E-state index in [4.69, 9.17) is 4.74 Å². The molecule has 1 fully saturated rings. The molecule has 0 saturated heterocycles. The van der Waals surface area contributed by atoms with E-state index in [9.17, 15) is 8.78 Å². The Morgan fingerprint density at radius 3 is 2.67 bits per heavy atom. The first-order chi connectivity index (χ1) is 15.9. The fourth-order valence-corrected chi connectivity index (χ4v) is 4.37. The van der Waals surface area contributed by atoms with Crippen molar-refractivity contribution in [3.8, 4) is 0 Å². The second-order valence-corrected chi connectivity index (χ2v) is 9.04. The van der Waals surface area contributed by atoms with Crippen LogP contribution in [0.2, 0.25) is 0 Å². The van der Waals surface area contributed by atoms with E-state index in [1.54, 1.807) is 0 Å². The molecule has 2 aromatic rings. The molecule has 0 bridgehead atoms. The number of ether oxygens (including phenoxy) is 1. The molecule has 1 heterocycles. The molecule has 0 amide bonds. The van der Waals surface area contributed by atoms with E-state index in [0.717, 1.165) is 53.4 Å². The molecular formula is C26H36F2N4O. The lowest BCUT2D eigenvalue weighted by atomic mass is 9.86. The maximum absolute atomic E-state index is 12.3. The Balaban J connectivity index is 1.52. The maximum atomic E-state index is 12.3. The predicted octanol–water partition coefficient (Wildman–Crippen LogP) is 5.43. The van der Waals surface area contributed by atoms with Gasteiger partial charge >= 0.3 is 0 Å². The van der Waals surface area contributed by atoms with Crippen LogP contribution < -0.4 is 10.6 Å². The van der Waals surface area contributed by atoms with Gasteiger partial charge < -0.3 is 20.3 Å². The van der Waals surface area contributed by atoms with Crippen LogP contribution in [0.5, 0.6) is 0 Å². The number of alkyl halides is 2. The zero-order chi connectivity index (χ0) is 23.8. The quantitative estimate of drug-likeness (QED) is 0.267. The Hall–Kier alpha value is -2.51. The van der Waals surface area contributed by atoms with Crippen molar-refractivity contribution in [3.05, 3.63) is 54.4 Å². The van der Waals surface area contributed by atoms with Gasteiger partial charge in [0.1, 0.15) is 12.5 Å². The Morgan fingerprint density at radius 2 is 2.00 bits per heavy atom. The summed E-state index contributed by atoms with van der Waals surface area (Å²) < 4.78 is 30.5. The predicted molar refractivity (Wildman–Crippen MR) is 133 cm³/mol. The Bertz CT molecular complexity index is 953. The molecule has 7 heteroatoms. The number of rotatable bonds is 11. The standard InChI is InChI=1S/C26H36F2N4O/c1-5-20(15-32(3)4)21-10-18(2)24-13-30-26(12-22(24)11-21)31-17-33-16-19-6-8-23(9-7-19)29-14-25(27)28/h5,10-13,15,19,23,25,29H,1,6-9,14,16-17H2,2-4H3,(H,30,31)/b20-15+. The van der Waals surface area contributed by atoms with Crippen LogP contribution in [0.3, 0.4) is 0 Å². The number of halogens is 2. The average Bonchev–Trinajstić information content (AvgIpc) is 2.79. The first-order valence-electron chi connectivity index (χ1n) is 11.6. The highest BCUT2D eigenvalue weighted by Crippen LogP contribution is 2.27. The van der Waals surface area contributed by atoms with Crippen LogP contribution in [0.1, 0.15) is 36.8 Å². The molecule has 180 valence electrons. The van der Waals surface area contributed by atoms with E-state index < -0.39 is 6.43 Å². The highest BCUT2D eigenvalue weighted by molar-refractivity contribution is 5.91. The summed E-state index contributed by atoms with van der Waals surface area (Å²) >= 11 is 0. The molecular weight excluding hydrogens is 422 g/mol. The van der Waals surface area contributed by atoms with Crippen LogP contribution in [0.15, 0.2) is 43.3 Å². The van der Waals surface area contributed by atoms with Crippen molar-refractivity contribution in [2.75, 3.05) is 39.3 Å². The number of fused-ring (bicyclic) bond motifs is 1. The van der Waals surface area contributed by atoms with Gasteiger partial charge in [-0.15, -0.1) is 0 Å². The summed E-state index contributed by atoms with van der Waals surface area (Å²) in [5.41, 5.74) is 3.36. The second kappa shape index (κ2) is 12.1. The van der Waals surface area contributed by atoms with E-state index in [-0.39, 0.29) is 12.6 Å². The summed E-state index contributed by atoms with van der Waals surface area (Å²) in [6.45, 7) is 6.90. The smallest absolute Gasteiger partial charge is 0.250 e. The topological polar surface area (TPSA) is 49.4 Å². The van der Waals surface area contributed by atoms with E-state index >= 15 is 0 Å². The number of anilines is 1. The lowest BCUT2D eigenvalue weighted by molar-refractivity contribution is 0.0889. The van der Waals surface area contributed by atoms with Crippen molar-refractivity contribution in [2.45, 2.75) is 45.1 Å². The lowest BCUT2D eigenvalue weighted by Crippen LogP contribution is -2.36. The lowest BCUT2D eigenvalue weighted by Gasteiger charge is -2.29. The number of nitrogens with one attached hydrogen (secondary N) is 2. The Morgan fingerprint density at radius 1 is 1.24 bits per heavy atom. The average molecular weight is 459 g/mol. The molecule has 5 nitrogen and oxygen atoms in total. The minimum Gasteiger partial charge on any atom is -0.383 e. The van der Waals surface area contributed by atoms with Gasteiger partial charge in [0.25, 0.3) is 6.43 Å². The van der Waals surface area contributed by atoms with Crippen molar-refractivity contribution in [2.24, 2.45) is 5.92 Å². The number of aryl methyl sites for hydroxylation is 1. The third-order valence-electron chi connectivity index (χ3n) is 6.11. The first-order valence-corrected chi connectivity index (χ1v) is 11.6. The molecule has 0 aliphatic heterocycles. The van der Waals surface area contributed by atoms with Crippen LogP contribution in [0.25, 0.3) is 16.3 Å². The van der Waals surface area contributed by atoms with E-state index in [2.05, 4.69) is 47.5 Å². The largest absolute Gasteiger partial charge is 0.383 e. The van der Waals surface area contributed by atoms with Gasteiger partial charge in [-0.05, 0) is 72.7 Å². The van der Waals surface area contributed by atoms with Gasteiger partial charge in [0, 0.05) is 37.9 Å². The molecule has 1 saturated carbocycles. The molecule has 0 spiro atoms. The summed E-state index contributed by atoms with van der Waals surface area (Å²) in [6, 6.07) is 6.58. The minimum atomic E-state index is -2.28. The van der Waals surface area contributed by atoms with Gasteiger partial charge in [-0.2, -0.15) is 0 Å². The van der Waals surface area contributed by atoms with Crippen LogP contribution in [0.4, 0.5) is 14.6 Å². The van der Waals surface area contributed by atoms with Crippen LogP contribution >= 0.6 is 0 Å². The normalized spacial score (nSPS) is 19.2. The van der Waals surface area contributed by atoms with Crippen molar-refractivity contribution in [1.82, 2.24) is 15.2 Å². The van der Waals surface area contributed by atoms with Crippen molar-refractivity contribution in [3.63, 3.8) is 0 Å². The number of allylic oxidation sites excluding steroid dienone is 2. The molecule has 0 atom stereocenters. The molecule has 0 unspecified atom stereocenters. The number of benzene rings is 1. The molecule has 0 radical (unpaired) electrons. The molecule has 3 rings (SSSR count). The highest BCUT2D eigenvalue weighted by atomic mass is 19.3. The molecule has 1 aromatic heterocycles. The molecule has 2 N–H and O–H groups in total. The maximum Gasteiger partial charge on any atom is 0.250 e. The number of aromatic nitrogens is 1. The SMILES string of the molecule is C=C/C(=C\N(C)C)c1cc(C)c2cnc(NCOCC3CCC(NCC(F)F)CC3)cc2c1. The number of nitrogens with zero attached hydrogens (tertiary/aromatic N) is 2. The van der Waals surface area contributed by atoms with Gasteiger partial charge in [-0.1, -0.05) is 18.7 Å². The Kier molecular flexibility index (Phi) is 9.21. The molecule has 1 aliphatic carbocycles. The number of hydrogen-bond acceptors (Lipinski definition) is 5. The zero-order valence-electron chi connectivity index (χ0n) is 19.9. The molecule has 1 aliphatic rings. The Labute approximate surface area is 195 Å². The van der Waals surface area contributed by atoms with Gasteiger partial charge in [-0.3, -0.25) is 0 Å². The van der Waals surface area contributed by atoms with Crippen LogP contribution in [0, 0.1) is 12.8 Å². The monoisotopic (exact) mass is 458 g/mol. The van der Waals surface area contributed by atoms with E-state index in [1.807, 2.05) is 37.3 Å². The zero-order valence-corrected chi connectivity index (χ0v) is 19.9. The van der Waals surface area contributed by atoms with Crippen molar-refractivity contribution in [1.29, 1.82) is 0 Å². The van der Waals surface area contributed by atoms with Crippen LogP contribution in [-0.2, 0) is 4.74 Å². The summed E-state index contributed by atoms with van der Waals surface area (Å²) in [6.07, 6.45) is 7.41. The summed E-state index contributed by atoms with van der Waals surface area (Å²) in [7, 11) is 4.00. The third-order valence-corrected chi connectivity index (χ3v) is 6.11. The number of pyridine rings is 1.